The van der Waals surface area contributed by atoms with Gasteiger partial charge >= 0.3 is 5.97 Å². The first-order chi connectivity index (χ1) is 12.5. The van der Waals surface area contributed by atoms with Crippen molar-refractivity contribution >= 4 is 11.5 Å². The minimum absolute atomic E-state index is 0.00220. The van der Waals surface area contributed by atoms with Crippen LogP contribution in [0.5, 0.6) is 0 Å². The van der Waals surface area contributed by atoms with Gasteiger partial charge in [0.05, 0.1) is 23.5 Å². The van der Waals surface area contributed by atoms with Gasteiger partial charge in [0.2, 0.25) is 0 Å². The number of allylic oxidation sites excluding steroid dienone is 3. The van der Waals surface area contributed by atoms with E-state index in [2.05, 4.69) is 5.32 Å². The fraction of sp³-hybridized carbons (Fsp3) is 0.158. The number of nitriles is 3. The Morgan fingerprint density at radius 3 is 2.31 bits per heavy atom. The topological polar surface area (TPSA) is 110 Å². The lowest BCUT2D eigenvalue weighted by molar-refractivity contribution is -0.138. The number of benzene rings is 1. The molecule has 0 saturated carbocycles. The second-order valence-corrected chi connectivity index (χ2v) is 5.19. The van der Waals surface area contributed by atoms with Gasteiger partial charge in [0.15, 0.2) is 5.57 Å². The molecule has 6 nitrogen and oxygen atoms in total. The number of rotatable bonds is 3. The number of dihydropyridines is 1. The molecule has 0 bridgehead atoms. The van der Waals surface area contributed by atoms with E-state index in [1.54, 1.807) is 26.0 Å². The molecule has 1 heterocycles. The Bertz CT molecular complexity index is 964. The number of nitrogens with one attached hydrogen (secondary N) is 1. The molecule has 2 rings (SSSR count). The van der Waals surface area contributed by atoms with Crippen LogP contribution in [-0.2, 0) is 9.53 Å². The molecule has 0 fully saturated rings. The van der Waals surface area contributed by atoms with Gasteiger partial charge in [-0.15, -0.1) is 0 Å². The van der Waals surface area contributed by atoms with Crippen LogP contribution >= 0.6 is 0 Å². The van der Waals surface area contributed by atoms with E-state index < -0.39 is 11.8 Å². The number of halogens is 1. The molecule has 0 amide bonds. The lowest BCUT2D eigenvalue weighted by Gasteiger charge is -2.25. The summed E-state index contributed by atoms with van der Waals surface area (Å²) < 4.78 is 18.4. The summed E-state index contributed by atoms with van der Waals surface area (Å²) in [5.41, 5.74) is 0.614. The molecule has 0 atom stereocenters. The van der Waals surface area contributed by atoms with Crippen molar-refractivity contribution in [2.24, 2.45) is 0 Å². The normalized spacial score (nSPS) is 13.3. The molecule has 0 radical (unpaired) electrons. The Morgan fingerprint density at radius 1 is 1.19 bits per heavy atom. The van der Waals surface area contributed by atoms with Gasteiger partial charge in [0.25, 0.3) is 0 Å². The second kappa shape index (κ2) is 7.79. The van der Waals surface area contributed by atoms with E-state index in [1.807, 2.05) is 6.07 Å². The van der Waals surface area contributed by atoms with Crippen LogP contribution in [0.1, 0.15) is 19.4 Å². The van der Waals surface area contributed by atoms with Crippen LogP contribution < -0.4 is 5.32 Å². The summed E-state index contributed by atoms with van der Waals surface area (Å²) in [4.78, 5) is 12.5. The molecule has 1 aliphatic heterocycles. The number of carbonyl (C=O) groups is 1. The third kappa shape index (κ3) is 3.31. The van der Waals surface area contributed by atoms with Crippen molar-refractivity contribution in [3.8, 4) is 18.2 Å². The van der Waals surface area contributed by atoms with Crippen molar-refractivity contribution in [2.45, 2.75) is 13.8 Å². The Kier molecular flexibility index (Phi) is 5.53. The van der Waals surface area contributed by atoms with Gasteiger partial charge in [-0.25, -0.2) is 9.18 Å². The number of nitrogens with zero attached hydrogens (tertiary/aromatic N) is 3. The molecule has 1 aliphatic rings. The maximum absolute atomic E-state index is 13.3. The highest BCUT2D eigenvalue weighted by atomic mass is 19.1. The van der Waals surface area contributed by atoms with Gasteiger partial charge < -0.3 is 10.1 Å². The van der Waals surface area contributed by atoms with Gasteiger partial charge in [-0.1, -0.05) is 12.1 Å². The number of carbonyl (C=O) groups excluding carboxylic acids is 1. The highest BCUT2D eigenvalue weighted by Gasteiger charge is 2.31. The van der Waals surface area contributed by atoms with Crippen LogP contribution in [-0.4, -0.2) is 12.6 Å². The molecular formula is C19H13FN4O2. The monoisotopic (exact) mass is 348 g/mol. The predicted octanol–water partition coefficient (Wildman–Crippen LogP) is 2.84. The van der Waals surface area contributed by atoms with E-state index in [0.29, 0.717) is 11.3 Å². The number of hydrogen-bond acceptors (Lipinski definition) is 6. The van der Waals surface area contributed by atoms with Crippen LogP contribution in [0.4, 0.5) is 4.39 Å². The average Bonchev–Trinajstić information content (AvgIpc) is 2.63. The highest BCUT2D eigenvalue weighted by molar-refractivity contribution is 6.10. The molecule has 1 aromatic rings. The third-order valence-corrected chi connectivity index (χ3v) is 3.64. The van der Waals surface area contributed by atoms with E-state index in [0.717, 1.165) is 0 Å². The van der Waals surface area contributed by atoms with Crippen molar-refractivity contribution < 1.29 is 13.9 Å². The summed E-state index contributed by atoms with van der Waals surface area (Å²) in [6, 6.07) is 10.6. The van der Waals surface area contributed by atoms with Gasteiger partial charge in [0, 0.05) is 11.3 Å². The zero-order chi connectivity index (χ0) is 19.3. The molecule has 0 saturated heterocycles. The molecular weight excluding hydrogens is 335 g/mol. The summed E-state index contributed by atoms with van der Waals surface area (Å²) >= 11 is 0. The molecule has 1 aromatic carbocycles. The Hall–Kier alpha value is -3.89. The zero-order valence-electron chi connectivity index (χ0n) is 14.1. The maximum atomic E-state index is 13.3. The first-order valence-electron chi connectivity index (χ1n) is 7.59. The lowest BCUT2D eigenvalue weighted by atomic mass is 9.87. The van der Waals surface area contributed by atoms with Crippen LogP contribution in [0, 0.1) is 39.8 Å². The van der Waals surface area contributed by atoms with Crippen LogP contribution in [0.3, 0.4) is 0 Å². The van der Waals surface area contributed by atoms with Gasteiger partial charge in [0.1, 0.15) is 24.0 Å². The average molecular weight is 348 g/mol. The molecule has 0 unspecified atom stereocenters. The van der Waals surface area contributed by atoms with Gasteiger partial charge in [-0.05, 0) is 31.5 Å². The number of esters is 1. The van der Waals surface area contributed by atoms with E-state index in [1.165, 1.54) is 24.3 Å². The van der Waals surface area contributed by atoms with Crippen LogP contribution in [0.15, 0.2) is 52.4 Å². The Balaban J connectivity index is 2.88. The standard InChI is InChI=1S/C19H13FN4O2/c1-3-26-19(25)16-11(2)24-18(13(8-21)9-22)15(10-23)17(16)12-4-6-14(20)7-5-12/h4-7,24H,3H2,1-2H3. The zero-order valence-corrected chi connectivity index (χ0v) is 14.1. The Labute approximate surface area is 149 Å². The van der Waals surface area contributed by atoms with E-state index in [4.69, 9.17) is 4.74 Å². The van der Waals surface area contributed by atoms with Crippen molar-refractivity contribution in [2.75, 3.05) is 6.61 Å². The van der Waals surface area contributed by atoms with Crippen LogP contribution in [0.2, 0.25) is 0 Å². The van der Waals surface area contributed by atoms with E-state index in [-0.39, 0.29) is 34.6 Å². The lowest BCUT2D eigenvalue weighted by Crippen LogP contribution is -2.26. The first-order valence-corrected chi connectivity index (χ1v) is 7.59. The largest absolute Gasteiger partial charge is 0.462 e. The maximum Gasteiger partial charge on any atom is 0.340 e. The first kappa shape index (κ1) is 18.4. The summed E-state index contributed by atoms with van der Waals surface area (Å²) in [5.74, 6) is -1.15. The van der Waals surface area contributed by atoms with Gasteiger partial charge in [-0.3, -0.25) is 0 Å². The summed E-state index contributed by atoms with van der Waals surface area (Å²) in [6.07, 6.45) is 0. The molecule has 0 aliphatic carbocycles. The highest BCUT2D eigenvalue weighted by Crippen LogP contribution is 2.36. The van der Waals surface area contributed by atoms with Crippen molar-refractivity contribution in [1.29, 1.82) is 15.8 Å². The van der Waals surface area contributed by atoms with E-state index >= 15 is 0 Å². The minimum Gasteiger partial charge on any atom is -0.462 e. The molecule has 0 spiro atoms. The second-order valence-electron chi connectivity index (χ2n) is 5.19. The SMILES string of the molecule is CCOC(=O)C1=C(C)NC(=C(C#N)C#N)C(C#N)=C1c1ccc(F)cc1. The van der Waals surface area contributed by atoms with Crippen molar-refractivity contribution in [1.82, 2.24) is 5.32 Å². The summed E-state index contributed by atoms with van der Waals surface area (Å²) in [6.45, 7) is 3.33. The molecule has 26 heavy (non-hydrogen) atoms. The third-order valence-electron chi connectivity index (χ3n) is 3.64. The summed E-state index contributed by atoms with van der Waals surface area (Å²) in [7, 11) is 0. The smallest absolute Gasteiger partial charge is 0.340 e. The quantitative estimate of drug-likeness (QED) is 0.664. The fourth-order valence-electron chi connectivity index (χ4n) is 2.55. The van der Waals surface area contributed by atoms with Crippen molar-refractivity contribution in [3.63, 3.8) is 0 Å². The molecule has 7 heteroatoms. The van der Waals surface area contributed by atoms with E-state index in [9.17, 15) is 25.0 Å². The Morgan fingerprint density at radius 2 is 1.81 bits per heavy atom. The van der Waals surface area contributed by atoms with Crippen molar-refractivity contribution in [3.05, 3.63) is 63.8 Å². The molecule has 1 N–H and O–H groups in total. The minimum atomic E-state index is -0.668. The summed E-state index contributed by atoms with van der Waals surface area (Å²) in [5, 5.41) is 30.8. The predicted molar refractivity (Wildman–Crippen MR) is 89.7 cm³/mol. The molecule has 128 valence electrons. The van der Waals surface area contributed by atoms with Crippen LogP contribution in [0.25, 0.3) is 5.57 Å². The number of hydrogen-bond donors (Lipinski definition) is 1. The van der Waals surface area contributed by atoms with Gasteiger partial charge in [-0.2, -0.15) is 15.8 Å². The molecule has 0 aromatic heterocycles. The fourth-order valence-corrected chi connectivity index (χ4v) is 2.55. The number of ether oxygens (including phenoxy) is 1.